The Bertz CT molecular complexity index is 632. The molecule has 2 amide bonds. The average molecular weight is 288 g/mol. The lowest BCUT2D eigenvalue weighted by Crippen LogP contribution is -2.59. The van der Waals surface area contributed by atoms with Gasteiger partial charge in [-0.3, -0.25) is 9.59 Å². The van der Waals surface area contributed by atoms with Crippen LogP contribution in [0.1, 0.15) is 13.8 Å². The van der Waals surface area contributed by atoms with Crippen molar-refractivity contribution in [2.45, 2.75) is 30.0 Å². The summed E-state index contributed by atoms with van der Waals surface area (Å²) in [4.78, 5) is 34.5. The number of amides is 2. The van der Waals surface area contributed by atoms with Crippen LogP contribution in [0.2, 0.25) is 0 Å². The zero-order chi connectivity index (χ0) is 14.7. The van der Waals surface area contributed by atoms with Gasteiger partial charge in [-0.25, -0.2) is 13.2 Å². The molecule has 2 atom stereocenters. The van der Waals surface area contributed by atoms with E-state index in [2.05, 4.69) is 0 Å². The number of hydrogen-bond acceptors (Lipinski definition) is 5. The van der Waals surface area contributed by atoms with Crippen LogP contribution >= 0.6 is 0 Å². The standard InChI is InChI=1S/C10H12N2O6S/c1-10(2)6(9(15)16)12-7(14)4(3-5(11)13)8(12)19(10,17)18/h3,6,8H,1-2H3,(H2,11,13)(H,15,16)/b4-3-/t6-,8?/m0/s1. The molecule has 19 heavy (non-hydrogen) atoms. The Kier molecular flexibility index (Phi) is 2.54. The number of carboxylic acid groups (broad SMARTS) is 1. The van der Waals surface area contributed by atoms with Crippen LogP contribution in [0.4, 0.5) is 0 Å². The Labute approximate surface area is 108 Å². The zero-order valence-electron chi connectivity index (χ0n) is 10.2. The Balaban J connectivity index is 2.61. The maximum Gasteiger partial charge on any atom is 0.328 e. The highest BCUT2D eigenvalue weighted by Gasteiger charge is 2.70. The smallest absolute Gasteiger partial charge is 0.328 e. The van der Waals surface area contributed by atoms with Gasteiger partial charge in [0.1, 0.15) is 4.75 Å². The number of fused-ring (bicyclic) bond motifs is 1. The predicted octanol–water partition coefficient (Wildman–Crippen LogP) is -1.77. The van der Waals surface area contributed by atoms with E-state index in [9.17, 15) is 22.8 Å². The molecule has 0 aromatic rings. The Hall–Kier alpha value is -1.90. The van der Waals surface area contributed by atoms with Crippen molar-refractivity contribution in [1.29, 1.82) is 0 Å². The van der Waals surface area contributed by atoms with Crippen molar-refractivity contribution in [1.82, 2.24) is 4.90 Å². The minimum atomic E-state index is -3.94. The molecule has 0 saturated carbocycles. The summed E-state index contributed by atoms with van der Waals surface area (Å²) in [7, 11) is -3.94. The van der Waals surface area contributed by atoms with E-state index >= 15 is 0 Å². The monoisotopic (exact) mass is 288 g/mol. The fourth-order valence-corrected chi connectivity index (χ4v) is 4.62. The second-order valence-electron chi connectivity index (χ2n) is 4.96. The quantitative estimate of drug-likeness (QED) is 0.456. The van der Waals surface area contributed by atoms with Crippen LogP contribution in [-0.4, -0.2) is 52.4 Å². The lowest BCUT2D eigenvalue weighted by Gasteiger charge is -2.37. The maximum atomic E-state index is 12.3. The fraction of sp³-hybridized carbons (Fsp3) is 0.500. The summed E-state index contributed by atoms with van der Waals surface area (Å²) in [6.07, 6.45) is 0.737. The molecule has 2 rings (SSSR count). The molecule has 0 spiro atoms. The first-order chi connectivity index (χ1) is 8.53. The highest BCUT2D eigenvalue weighted by molar-refractivity contribution is 7.94. The summed E-state index contributed by atoms with van der Waals surface area (Å²) in [5.41, 5.74) is 4.63. The number of sulfone groups is 1. The number of nitrogens with zero attached hydrogens (tertiary/aromatic N) is 1. The summed E-state index contributed by atoms with van der Waals surface area (Å²) < 4.78 is 22.9. The van der Waals surface area contributed by atoms with E-state index in [4.69, 9.17) is 10.8 Å². The topological polar surface area (TPSA) is 135 Å². The number of β-lactam (4-membered cyclic amide) rings is 1. The molecule has 2 saturated heterocycles. The minimum Gasteiger partial charge on any atom is -0.480 e. The molecule has 0 bridgehead atoms. The van der Waals surface area contributed by atoms with Gasteiger partial charge in [-0.15, -0.1) is 0 Å². The van der Waals surface area contributed by atoms with Crippen molar-refractivity contribution in [3.05, 3.63) is 11.6 Å². The van der Waals surface area contributed by atoms with E-state index < -0.39 is 43.8 Å². The first-order valence-electron chi connectivity index (χ1n) is 5.33. The van der Waals surface area contributed by atoms with Crippen LogP contribution in [-0.2, 0) is 24.2 Å². The second-order valence-corrected chi connectivity index (χ2v) is 7.54. The van der Waals surface area contributed by atoms with Gasteiger partial charge < -0.3 is 15.7 Å². The molecule has 0 aliphatic carbocycles. The number of primary amides is 1. The maximum absolute atomic E-state index is 12.3. The average Bonchev–Trinajstić information content (AvgIpc) is 2.38. The van der Waals surface area contributed by atoms with Crippen LogP contribution in [0.15, 0.2) is 11.6 Å². The first-order valence-corrected chi connectivity index (χ1v) is 6.88. The third kappa shape index (κ3) is 1.44. The van der Waals surface area contributed by atoms with E-state index in [0.29, 0.717) is 0 Å². The summed E-state index contributed by atoms with van der Waals surface area (Å²) in [5, 5.41) is 7.72. The molecule has 0 radical (unpaired) electrons. The molecule has 9 heteroatoms. The van der Waals surface area contributed by atoms with Gasteiger partial charge in [-0.05, 0) is 13.8 Å². The van der Waals surface area contributed by atoms with Gasteiger partial charge in [0.05, 0.1) is 5.57 Å². The minimum absolute atomic E-state index is 0.274. The molecule has 0 aromatic carbocycles. The largest absolute Gasteiger partial charge is 0.480 e. The van der Waals surface area contributed by atoms with Crippen molar-refractivity contribution in [3.8, 4) is 0 Å². The van der Waals surface area contributed by atoms with Crippen molar-refractivity contribution < 1.29 is 27.9 Å². The summed E-state index contributed by atoms with van der Waals surface area (Å²) in [5.74, 6) is -3.14. The molecular weight excluding hydrogens is 276 g/mol. The van der Waals surface area contributed by atoms with Gasteiger partial charge >= 0.3 is 5.97 Å². The van der Waals surface area contributed by atoms with Crippen molar-refractivity contribution >= 4 is 27.6 Å². The zero-order valence-corrected chi connectivity index (χ0v) is 11.0. The molecule has 104 valence electrons. The normalized spacial score (nSPS) is 32.8. The van der Waals surface area contributed by atoms with Crippen LogP contribution in [0.25, 0.3) is 0 Å². The molecule has 2 heterocycles. The predicted molar refractivity (Wildman–Crippen MR) is 62.3 cm³/mol. The van der Waals surface area contributed by atoms with E-state index in [0.717, 1.165) is 11.0 Å². The van der Waals surface area contributed by atoms with E-state index in [-0.39, 0.29) is 5.57 Å². The molecule has 2 aliphatic rings. The van der Waals surface area contributed by atoms with E-state index in [1.165, 1.54) is 13.8 Å². The van der Waals surface area contributed by atoms with Gasteiger partial charge in [-0.1, -0.05) is 0 Å². The second kappa shape index (κ2) is 3.56. The van der Waals surface area contributed by atoms with Gasteiger partial charge in [0.25, 0.3) is 5.91 Å². The number of carboxylic acids is 1. The third-order valence-electron chi connectivity index (χ3n) is 3.50. The molecule has 2 fully saturated rings. The SMILES string of the molecule is CC1(C)[C@H](C(=O)O)N2C(=O)/C(=C/C(N)=O)C2S1(=O)=O. The van der Waals surface area contributed by atoms with Crippen molar-refractivity contribution in [2.75, 3.05) is 0 Å². The Morgan fingerprint density at radius 2 is 1.95 bits per heavy atom. The number of carbonyl (C=O) groups excluding carboxylic acids is 2. The number of nitrogens with two attached hydrogens (primary N) is 1. The van der Waals surface area contributed by atoms with Gasteiger partial charge in [-0.2, -0.15) is 0 Å². The third-order valence-corrected chi connectivity index (χ3v) is 6.25. The highest BCUT2D eigenvalue weighted by Crippen LogP contribution is 2.48. The van der Waals surface area contributed by atoms with Crippen LogP contribution in [0.3, 0.4) is 0 Å². The van der Waals surface area contributed by atoms with Crippen LogP contribution in [0, 0.1) is 0 Å². The molecule has 0 aromatic heterocycles. The fourth-order valence-electron chi connectivity index (χ4n) is 2.50. The lowest BCUT2D eigenvalue weighted by atomic mass is 9.95. The molecular formula is C10H12N2O6S. The highest BCUT2D eigenvalue weighted by atomic mass is 32.2. The molecule has 3 N–H and O–H groups in total. The number of carbonyl (C=O) groups is 3. The number of rotatable bonds is 2. The van der Waals surface area contributed by atoms with E-state index in [1.807, 2.05) is 0 Å². The summed E-state index contributed by atoms with van der Waals surface area (Å²) >= 11 is 0. The lowest BCUT2D eigenvalue weighted by molar-refractivity contribution is -0.152. The Morgan fingerprint density at radius 3 is 2.37 bits per heavy atom. The first kappa shape index (κ1) is 13.5. The summed E-state index contributed by atoms with van der Waals surface area (Å²) in [6, 6.07) is -1.47. The Morgan fingerprint density at radius 1 is 1.42 bits per heavy atom. The van der Waals surface area contributed by atoms with Crippen molar-refractivity contribution in [3.63, 3.8) is 0 Å². The molecule has 8 nitrogen and oxygen atoms in total. The molecule has 2 aliphatic heterocycles. The summed E-state index contributed by atoms with van der Waals surface area (Å²) in [6.45, 7) is 2.49. The number of hydrogen-bond donors (Lipinski definition) is 2. The molecule has 1 unspecified atom stereocenters. The van der Waals surface area contributed by atoms with Gasteiger partial charge in [0.2, 0.25) is 5.91 Å². The number of aliphatic carboxylic acids is 1. The van der Waals surface area contributed by atoms with E-state index in [1.54, 1.807) is 0 Å². The van der Waals surface area contributed by atoms with Crippen molar-refractivity contribution in [2.24, 2.45) is 5.73 Å². The van der Waals surface area contributed by atoms with Gasteiger partial charge in [0, 0.05) is 6.08 Å². The van der Waals surface area contributed by atoms with Crippen LogP contribution < -0.4 is 5.73 Å². The van der Waals surface area contributed by atoms with Crippen LogP contribution in [0.5, 0.6) is 0 Å². The van der Waals surface area contributed by atoms with Gasteiger partial charge in [0.15, 0.2) is 21.3 Å².